The molecule has 7 N–H and O–H groups in total. The van der Waals surface area contributed by atoms with Crippen molar-refractivity contribution in [1.29, 1.82) is 0 Å². The number of carboxylic acid groups (broad SMARTS) is 3. The Hall–Kier alpha value is -10.7. The molecular formula is C67H71N7O19. The van der Waals surface area contributed by atoms with Crippen molar-refractivity contribution in [3.63, 3.8) is 0 Å². The van der Waals surface area contributed by atoms with Gasteiger partial charge in [-0.15, -0.1) is 0 Å². The second kappa shape index (κ2) is 31.4. The van der Waals surface area contributed by atoms with Crippen LogP contribution >= 0.6 is 0 Å². The van der Waals surface area contributed by atoms with Gasteiger partial charge in [0.25, 0.3) is 23.6 Å². The quantitative estimate of drug-likeness (QED) is 0.0194. The van der Waals surface area contributed by atoms with E-state index < -0.39 is 71.7 Å². The van der Waals surface area contributed by atoms with Crippen molar-refractivity contribution < 1.29 is 91.8 Å². The number of carbonyl (C=O) groups is 12. The van der Waals surface area contributed by atoms with Crippen LogP contribution in [0.1, 0.15) is 118 Å². The van der Waals surface area contributed by atoms with E-state index in [1.165, 1.54) is 24.3 Å². The first-order valence-corrected chi connectivity index (χ1v) is 30.8. The molecule has 93 heavy (non-hydrogen) atoms. The van der Waals surface area contributed by atoms with Crippen molar-refractivity contribution in [1.82, 2.24) is 36.0 Å². The summed E-state index contributed by atoms with van der Waals surface area (Å²) in [6.45, 7) is 1.81. The second-order valence-electron chi connectivity index (χ2n) is 22.5. The number of ether oxygens (including phenoxy) is 4. The number of hydrogen-bond donors (Lipinski definition) is 7. The molecule has 3 heterocycles. The van der Waals surface area contributed by atoms with E-state index in [1.807, 2.05) is 48.5 Å². The summed E-state index contributed by atoms with van der Waals surface area (Å²) in [7, 11) is 0. The summed E-state index contributed by atoms with van der Waals surface area (Å²) in [5.74, 6) is -6.27. The first-order chi connectivity index (χ1) is 44.9. The van der Waals surface area contributed by atoms with Gasteiger partial charge in [0.1, 0.15) is 29.0 Å². The van der Waals surface area contributed by atoms with E-state index in [0.717, 1.165) is 31.3 Å². The number of rotatable bonds is 34. The minimum absolute atomic E-state index is 0.0386. The smallest absolute Gasteiger partial charge is 0.326 e. The molecule has 1 atom stereocenters. The molecule has 488 valence electrons. The van der Waals surface area contributed by atoms with Crippen LogP contribution in [0.3, 0.4) is 0 Å². The zero-order valence-corrected chi connectivity index (χ0v) is 50.9. The van der Waals surface area contributed by atoms with E-state index in [4.69, 9.17) is 29.2 Å². The van der Waals surface area contributed by atoms with Crippen LogP contribution in [0.5, 0.6) is 23.0 Å². The zero-order valence-electron chi connectivity index (χ0n) is 50.9. The van der Waals surface area contributed by atoms with Gasteiger partial charge in [0, 0.05) is 132 Å². The van der Waals surface area contributed by atoms with Crippen molar-refractivity contribution in [2.24, 2.45) is 5.92 Å². The van der Waals surface area contributed by atoms with Crippen LogP contribution in [0.25, 0.3) is 32.3 Å². The first-order valence-electron chi connectivity index (χ1n) is 30.8. The van der Waals surface area contributed by atoms with Crippen LogP contribution in [0.15, 0.2) is 97.1 Å². The maximum atomic E-state index is 14.0. The molecular weight excluding hydrogens is 1210 g/mol. The highest BCUT2D eigenvalue weighted by molar-refractivity contribution is 6.33. The van der Waals surface area contributed by atoms with Gasteiger partial charge in [0.2, 0.25) is 29.5 Å². The lowest BCUT2D eigenvalue weighted by atomic mass is 9.86. The van der Waals surface area contributed by atoms with Gasteiger partial charge in [0.15, 0.2) is 0 Å². The predicted molar refractivity (Wildman–Crippen MR) is 334 cm³/mol. The zero-order chi connectivity index (χ0) is 66.1. The van der Waals surface area contributed by atoms with Crippen molar-refractivity contribution in [3.8, 4) is 23.0 Å². The van der Waals surface area contributed by atoms with E-state index in [-0.39, 0.29) is 135 Å². The molecule has 26 heteroatoms. The van der Waals surface area contributed by atoms with Crippen molar-refractivity contribution in [2.45, 2.75) is 83.1 Å². The predicted octanol–water partition coefficient (Wildman–Crippen LogP) is 5.48. The van der Waals surface area contributed by atoms with Gasteiger partial charge >= 0.3 is 17.9 Å². The third-order valence-electron chi connectivity index (χ3n) is 16.1. The fraction of sp³-hybridized carbons (Fsp3) is 0.373. The molecule has 1 saturated heterocycles. The number of carboxylic acids is 3. The van der Waals surface area contributed by atoms with Gasteiger partial charge in [-0.05, 0) is 87.1 Å². The van der Waals surface area contributed by atoms with Crippen molar-refractivity contribution in [2.75, 3.05) is 72.2 Å². The number of hydrogen-bond acceptors (Lipinski definition) is 16. The summed E-state index contributed by atoms with van der Waals surface area (Å²) < 4.78 is 24.1. The Bertz CT molecular complexity index is 3830. The number of amides is 9. The average Bonchev–Trinajstić information content (AvgIpc) is 0.724. The van der Waals surface area contributed by atoms with Gasteiger partial charge in [-0.1, -0.05) is 48.5 Å². The van der Waals surface area contributed by atoms with Crippen LogP contribution in [0, 0.1) is 5.92 Å². The van der Waals surface area contributed by atoms with E-state index in [1.54, 1.807) is 29.2 Å². The van der Waals surface area contributed by atoms with Gasteiger partial charge in [-0.3, -0.25) is 62.5 Å². The Morgan fingerprint density at radius 1 is 0.452 bits per heavy atom. The minimum atomic E-state index is -1.54. The SMILES string of the molecule is O=C(O)CCC(=O)NCCCOc1cccc2c(OCCCC(=O)N3CCC(C(=O)NCCN4C(=O)c5ccc6c7c(ccc(c57)C4=O)C(=O)N(CCC(=O)NCCCOc4cccc5c(OCCCC(=O)N[C@@H](CC(=O)O)C(=O)O)cccc45)C6=O)CC3)cccc12. The van der Waals surface area contributed by atoms with Crippen LogP contribution in [-0.2, 0) is 38.4 Å². The highest BCUT2D eigenvalue weighted by atomic mass is 16.5. The summed E-state index contributed by atoms with van der Waals surface area (Å²) in [5, 5.41) is 40.9. The molecule has 6 aromatic carbocycles. The molecule has 0 aliphatic carbocycles. The lowest BCUT2D eigenvalue weighted by Gasteiger charge is -2.32. The normalized spacial score (nSPS) is 14.0. The van der Waals surface area contributed by atoms with Crippen molar-refractivity contribution in [3.05, 3.63) is 119 Å². The fourth-order valence-electron chi connectivity index (χ4n) is 11.4. The number of fused-ring (bicyclic) bond motifs is 2. The number of carbonyl (C=O) groups excluding carboxylic acids is 9. The Kier molecular flexibility index (Phi) is 22.5. The lowest BCUT2D eigenvalue weighted by Crippen LogP contribution is -2.47. The third kappa shape index (κ3) is 16.7. The fourth-order valence-corrected chi connectivity index (χ4v) is 11.4. The number of piperidine rings is 1. The monoisotopic (exact) mass is 1280 g/mol. The average molecular weight is 1280 g/mol. The molecule has 0 bridgehead atoms. The Morgan fingerprint density at radius 2 is 0.871 bits per heavy atom. The molecule has 0 unspecified atom stereocenters. The lowest BCUT2D eigenvalue weighted by molar-refractivity contribution is -0.147. The van der Waals surface area contributed by atoms with Gasteiger partial charge in [-0.2, -0.15) is 0 Å². The molecule has 0 saturated carbocycles. The van der Waals surface area contributed by atoms with Crippen LogP contribution in [0.2, 0.25) is 0 Å². The highest BCUT2D eigenvalue weighted by Gasteiger charge is 2.40. The first kappa shape index (κ1) is 66.8. The molecule has 9 amide bonds. The van der Waals surface area contributed by atoms with Gasteiger partial charge in [-0.25, -0.2) is 4.79 Å². The Morgan fingerprint density at radius 3 is 1.30 bits per heavy atom. The van der Waals surface area contributed by atoms with E-state index in [9.17, 15) is 62.6 Å². The Balaban J connectivity index is 0.668. The number of benzene rings is 6. The number of nitrogens with one attached hydrogen (secondary N) is 4. The Labute approximate surface area is 532 Å². The van der Waals surface area contributed by atoms with Crippen LogP contribution in [-0.4, -0.2) is 179 Å². The second-order valence-corrected chi connectivity index (χ2v) is 22.5. The largest absolute Gasteiger partial charge is 0.493 e. The summed E-state index contributed by atoms with van der Waals surface area (Å²) >= 11 is 0. The molecule has 0 spiro atoms. The summed E-state index contributed by atoms with van der Waals surface area (Å²) in [6.07, 6.45) is 1.34. The standard InChI is InChI=1S/C67H71N7O19/c75-54(23-24-58(79)80)68-28-7-37-92-53-16-4-10-42-44(53)12-2-14-51(42)91-36-6-18-57(78)72-31-25-40(26-32-72)62(83)70-30-34-74-65(86)47-21-19-45-60-46(20-22-48(61(47)60)66(74)87)64(85)73(63(45)84)33-27-55(76)69-29-8-38-93-52-15-3-9-41-43(52)11-1-13-50(41)90-35-5-17-56(77)71-49(67(88)89)39-59(81)82/h1-4,9-16,19-22,40,49H,5-8,17-18,23-39H2,(H,68,75)(H,69,76)(H,70,83)(H,71,77)(H,79,80)(H,81,82)(H,88,89)/t49-/m0/s1. The number of nitrogens with zero attached hydrogens (tertiary/aromatic N) is 3. The summed E-state index contributed by atoms with van der Waals surface area (Å²) in [5.41, 5.74) is 0.419. The molecule has 9 rings (SSSR count). The topological polar surface area (TPSA) is 360 Å². The molecule has 1 fully saturated rings. The summed E-state index contributed by atoms with van der Waals surface area (Å²) in [6, 6.07) is 26.1. The van der Waals surface area contributed by atoms with E-state index in [2.05, 4.69) is 21.3 Å². The molecule has 3 aliphatic rings. The molecule has 3 aliphatic heterocycles. The van der Waals surface area contributed by atoms with Crippen LogP contribution in [0.4, 0.5) is 0 Å². The molecule has 26 nitrogen and oxygen atoms in total. The molecule has 0 aromatic heterocycles. The van der Waals surface area contributed by atoms with Crippen LogP contribution < -0.4 is 40.2 Å². The molecule has 0 radical (unpaired) electrons. The summed E-state index contributed by atoms with van der Waals surface area (Å²) in [4.78, 5) is 156. The number of likely N-dealkylation sites (tertiary alicyclic amines) is 1. The maximum absolute atomic E-state index is 14.0. The number of aliphatic carboxylic acids is 3. The molecule has 6 aromatic rings. The van der Waals surface area contributed by atoms with E-state index in [0.29, 0.717) is 81.3 Å². The minimum Gasteiger partial charge on any atom is -0.493 e. The van der Waals surface area contributed by atoms with Gasteiger partial charge < -0.3 is 60.4 Å². The van der Waals surface area contributed by atoms with E-state index >= 15 is 0 Å². The van der Waals surface area contributed by atoms with Gasteiger partial charge in [0.05, 0.1) is 39.3 Å². The number of imide groups is 2. The highest BCUT2D eigenvalue weighted by Crippen LogP contribution is 2.39. The maximum Gasteiger partial charge on any atom is 0.326 e. The van der Waals surface area contributed by atoms with Crippen molar-refractivity contribution >= 4 is 103 Å². The third-order valence-corrected chi connectivity index (χ3v) is 16.1.